The first-order valence-electron chi connectivity index (χ1n) is 7.21. The number of aliphatic hydroxyl groups is 1. The molecular weight excluding hydrogens is 316 g/mol. The number of rotatable bonds is 3. The predicted octanol–water partition coefficient (Wildman–Crippen LogP) is 3.32. The maximum absolute atomic E-state index is 12.3. The molecule has 1 aromatic carbocycles. The first kappa shape index (κ1) is 15.5. The van der Waals surface area contributed by atoms with E-state index in [0.717, 1.165) is 27.8 Å². The lowest BCUT2D eigenvalue weighted by Gasteiger charge is -2.30. The Balaban J connectivity index is 1.69. The van der Waals surface area contributed by atoms with E-state index in [-0.39, 0.29) is 5.91 Å². The maximum atomic E-state index is 12.3. The summed E-state index contributed by atoms with van der Waals surface area (Å²) in [5.74, 6) is 1.35. The van der Waals surface area contributed by atoms with Gasteiger partial charge in [0.15, 0.2) is 0 Å². The van der Waals surface area contributed by atoms with Crippen molar-refractivity contribution in [2.45, 2.75) is 25.4 Å². The highest BCUT2D eigenvalue weighted by molar-refractivity contribution is 7.99. The first-order chi connectivity index (χ1) is 10.6. The number of carbonyl (C=O) groups excluding carboxylic acids is 1. The van der Waals surface area contributed by atoms with E-state index in [2.05, 4.69) is 10.3 Å². The van der Waals surface area contributed by atoms with Crippen LogP contribution in [0.2, 0.25) is 0 Å². The normalized spacial score (nSPS) is 17.2. The van der Waals surface area contributed by atoms with Crippen molar-refractivity contribution in [1.82, 2.24) is 4.98 Å². The molecule has 1 aliphatic rings. The lowest BCUT2D eigenvalue weighted by atomic mass is 9.95. The second-order valence-electron chi connectivity index (χ2n) is 5.47. The minimum absolute atomic E-state index is 0.300. The summed E-state index contributed by atoms with van der Waals surface area (Å²) in [5, 5.41) is 16.2. The summed E-state index contributed by atoms with van der Waals surface area (Å²) in [6.07, 6.45) is 1.03. The highest BCUT2D eigenvalue weighted by atomic mass is 32.2. The fourth-order valence-electron chi connectivity index (χ4n) is 2.37. The third-order valence-electron chi connectivity index (χ3n) is 3.75. The van der Waals surface area contributed by atoms with Crippen LogP contribution in [0.15, 0.2) is 29.6 Å². The minimum Gasteiger partial charge on any atom is -0.380 e. The van der Waals surface area contributed by atoms with Gasteiger partial charge in [0.1, 0.15) is 10.6 Å². The van der Waals surface area contributed by atoms with Gasteiger partial charge in [0, 0.05) is 22.3 Å². The quantitative estimate of drug-likeness (QED) is 0.904. The Morgan fingerprint density at radius 1 is 1.27 bits per heavy atom. The molecule has 3 rings (SSSR count). The molecule has 0 radical (unpaired) electrons. The number of anilines is 1. The average molecular weight is 334 g/mol. The summed E-state index contributed by atoms with van der Waals surface area (Å²) in [6, 6.07) is 7.58. The van der Waals surface area contributed by atoms with Crippen LogP contribution in [-0.4, -0.2) is 33.1 Å². The van der Waals surface area contributed by atoms with Crippen molar-refractivity contribution < 1.29 is 9.90 Å². The molecule has 22 heavy (non-hydrogen) atoms. The van der Waals surface area contributed by atoms with Crippen LogP contribution in [-0.2, 0) is 4.79 Å². The van der Waals surface area contributed by atoms with Crippen molar-refractivity contribution in [2.24, 2.45) is 0 Å². The van der Waals surface area contributed by atoms with E-state index in [0.29, 0.717) is 18.5 Å². The van der Waals surface area contributed by atoms with Crippen molar-refractivity contribution >= 4 is 34.7 Å². The number of thioether (sulfide) groups is 1. The number of hydrogen-bond donors (Lipinski definition) is 2. The number of aromatic nitrogens is 1. The zero-order chi connectivity index (χ0) is 15.6. The zero-order valence-electron chi connectivity index (χ0n) is 12.3. The number of nitrogens with one attached hydrogen (secondary N) is 1. The van der Waals surface area contributed by atoms with Crippen molar-refractivity contribution in [3.8, 4) is 10.6 Å². The van der Waals surface area contributed by atoms with E-state index in [4.69, 9.17) is 0 Å². The lowest BCUT2D eigenvalue weighted by molar-refractivity contribution is -0.134. The highest BCUT2D eigenvalue weighted by Gasteiger charge is 2.37. The van der Waals surface area contributed by atoms with Crippen LogP contribution in [0, 0.1) is 6.92 Å². The van der Waals surface area contributed by atoms with Gasteiger partial charge in [-0.15, -0.1) is 11.3 Å². The maximum Gasteiger partial charge on any atom is 0.256 e. The second kappa shape index (κ2) is 6.40. The van der Waals surface area contributed by atoms with Gasteiger partial charge in [-0.05, 0) is 55.5 Å². The molecule has 2 aromatic rings. The molecule has 2 N–H and O–H groups in total. The molecule has 1 fully saturated rings. The van der Waals surface area contributed by atoms with E-state index in [1.807, 2.05) is 36.6 Å². The van der Waals surface area contributed by atoms with Gasteiger partial charge in [-0.3, -0.25) is 4.79 Å². The van der Waals surface area contributed by atoms with E-state index >= 15 is 0 Å². The second-order valence-corrected chi connectivity index (χ2v) is 7.55. The third-order valence-corrected chi connectivity index (χ3v) is 5.75. The molecule has 1 aromatic heterocycles. The van der Waals surface area contributed by atoms with E-state index in [1.54, 1.807) is 23.1 Å². The lowest BCUT2D eigenvalue weighted by Crippen LogP contribution is -2.45. The summed E-state index contributed by atoms with van der Waals surface area (Å²) in [7, 11) is 0. The fourth-order valence-corrected chi connectivity index (χ4v) is 4.34. The van der Waals surface area contributed by atoms with Gasteiger partial charge in [0.2, 0.25) is 0 Å². The van der Waals surface area contributed by atoms with Gasteiger partial charge in [0.05, 0.1) is 0 Å². The van der Waals surface area contributed by atoms with E-state index in [9.17, 15) is 9.90 Å². The summed E-state index contributed by atoms with van der Waals surface area (Å²) in [4.78, 5) is 16.7. The molecule has 0 aliphatic carbocycles. The molecule has 2 heterocycles. The van der Waals surface area contributed by atoms with Crippen molar-refractivity contribution in [3.05, 3.63) is 35.3 Å². The molecule has 4 nitrogen and oxygen atoms in total. The molecule has 0 atom stereocenters. The average Bonchev–Trinajstić information content (AvgIpc) is 2.95. The number of amides is 1. The largest absolute Gasteiger partial charge is 0.380 e. The number of benzene rings is 1. The topological polar surface area (TPSA) is 62.2 Å². The number of nitrogens with zero attached hydrogens (tertiary/aromatic N) is 1. The molecule has 1 saturated heterocycles. The highest BCUT2D eigenvalue weighted by Crippen LogP contribution is 2.29. The summed E-state index contributed by atoms with van der Waals surface area (Å²) in [6.45, 7) is 1.97. The number of hydrogen-bond acceptors (Lipinski definition) is 5. The smallest absolute Gasteiger partial charge is 0.256 e. The van der Waals surface area contributed by atoms with Crippen LogP contribution in [0.3, 0.4) is 0 Å². The Labute approximate surface area is 138 Å². The molecule has 6 heteroatoms. The first-order valence-corrected chi connectivity index (χ1v) is 9.24. The van der Waals surface area contributed by atoms with Gasteiger partial charge in [-0.2, -0.15) is 11.8 Å². The van der Waals surface area contributed by atoms with Crippen LogP contribution in [0.25, 0.3) is 10.6 Å². The van der Waals surface area contributed by atoms with Crippen molar-refractivity contribution in [1.29, 1.82) is 0 Å². The van der Waals surface area contributed by atoms with Crippen LogP contribution in [0.1, 0.15) is 18.5 Å². The standard InChI is InChI=1S/C16H18N2O2S2/c1-11-10-22-14(17-11)12-2-4-13(5-3-12)18-15(19)16(20)6-8-21-9-7-16/h2-5,10,20H,6-9H2,1H3,(H,18,19). The Morgan fingerprint density at radius 2 is 1.95 bits per heavy atom. The summed E-state index contributed by atoms with van der Waals surface area (Å²) >= 11 is 3.38. The van der Waals surface area contributed by atoms with Gasteiger partial charge >= 0.3 is 0 Å². The fraction of sp³-hybridized carbons (Fsp3) is 0.375. The number of carbonyl (C=O) groups is 1. The Kier molecular flexibility index (Phi) is 4.52. The Hall–Kier alpha value is -1.37. The monoisotopic (exact) mass is 334 g/mol. The molecule has 0 bridgehead atoms. The molecule has 1 aliphatic heterocycles. The van der Waals surface area contributed by atoms with Crippen molar-refractivity contribution in [3.63, 3.8) is 0 Å². The minimum atomic E-state index is -1.23. The SMILES string of the molecule is Cc1csc(-c2ccc(NC(=O)C3(O)CCSCC3)cc2)n1. The van der Waals surface area contributed by atoms with Gasteiger partial charge in [0.25, 0.3) is 5.91 Å². The van der Waals surface area contributed by atoms with Gasteiger partial charge in [-0.25, -0.2) is 4.98 Å². The number of thiazole rings is 1. The molecular formula is C16H18N2O2S2. The molecule has 0 unspecified atom stereocenters. The molecule has 0 saturated carbocycles. The van der Waals surface area contributed by atoms with Crippen LogP contribution in [0.5, 0.6) is 0 Å². The predicted molar refractivity (Wildman–Crippen MR) is 92.4 cm³/mol. The number of aryl methyl sites for hydroxylation is 1. The zero-order valence-corrected chi connectivity index (χ0v) is 14.0. The van der Waals surface area contributed by atoms with Gasteiger partial charge < -0.3 is 10.4 Å². The Morgan fingerprint density at radius 3 is 2.55 bits per heavy atom. The van der Waals surface area contributed by atoms with Gasteiger partial charge in [-0.1, -0.05) is 0 Å². The summed E-state index contributed by atoms with van der Waals surface area (Å²) < 4.78 is 0. The van der Waals surface area contributed by atoms with E-state index < -0.39 is 5.60 Å². The Bertz CT molecular complexity index is 661. The van der Waals surface area contributed by atoms with Crippen LogP contribution in [0.4, 0.5) is 5.69 Å². The molecule has 116 valence electrons. The van der Waals surface area contributed by atoms with Crippen molar-refractivity contribution in [2.75, 3.05) is 16.8 Å². The summed E-state index contributed by atoms with van der Waals surface area (Å²) in [5.41, 5.74) is 1.52. The van der Waals surface area contributed by atoms with Crippen LogP contribution < -0.4 is 5.32 Å². The van der Waals surface area contributed by atoms with Crippen LogP contribution >= 0.6 is 23.1 Å². The third kappa shape index (κ3) is 3.34. The molecule has 0 spiro atoms. The van der Waals surface area contributed by atoms with E-state index in [1.165, 1.54) is 0 Å². The molecule has 1 amide bonds.